The maximum Gasteiger partial charge on any atom is 0.321 e. The Labute approximate surface area is 189 Å². The van der Waals surface area contributed by atoms with E-state index in [1.165, 1.54) is 6.07 Å². The fraction of sp³-hybridized carbons (Fsp3) is 0.250. The van der Waals surface area contributed by atoms with Crippen molar-refractivity contribution >= 4 is 50.2 Å². The average molecular weight is 509 g/mol. The number of hydrogen-bond acceptors (Lipinski definition) is 6. The molecule has 1 aliphatic heterocycles. The zero-order valence-corrected chi connectivity index (χ0v) is 19.2. The number of ether oxygens (including phenoxy) is 1. The molecule has 2 amide bonds. The predicted octanol–water partition coefficient (Wildman–Crippen LogP) is 5.27. The summed E-state index contributed by atoms with van der Waals surface area (Å²) in [6.45, 7) is 0.958. The predicted molar refractivity (Wildman–Crippen MR) is 120 cm³/mol. The van der Waals surface area contributed by atoms with Crippen LogP contribution >= 0.6 is 39.0 Å². The van der Waals surface area contributed by atoms with E-state index in [4.69, 9.17) is 4.74 Å². The smallest absolute Gasteiger partial charge is 0.321 e. The lowest BCUT2D eigenvalue weighted by Crippen LogP contribution is -2.48. The molecule has 2 aromatic carbocycles. The van der Waals surface area contributed by atoms with Gasteiger partial charge in [-0.05, 0) is 42.2 Å². The molecule has 156 valence electrons. The van der Waals surface area contributed by atoms with Crippen LogP contribution in [0.4, 0.5) is 14.3 Å². The van der Waals surface area contributed by atoms with Crippen LogP contribution in [0.25, 0.3) is 10.6 Å². The van der Waals surface area contributed by atoms with Crippen molar-refractivity contribution in [3.8, 4) is 10.6 Å². The highest BCUT2D eigenvalue weighted by Gasteiger charge is 2.38. The highest BCUT2D eigenvalue weighted by molar-refractivity contribution is 9.10. The Morgan fingerprint density at radius 1 is 1.27 bits per heavy atom. The number of carbonyl (C=O) groups is 1. The summed E-state index contributed by atoms with van der Waals surface area (Å²) in [5, 5.41) is 14.4. The van der Waals surface area contributed by atoms with Crippen LogP contribution in [0.5, 0.6) is 0 Å². The zero-order chi connectivity index (χ0) is 21.1. The number of benzene rings is 2. The van der Waals surface area contributed by atoms with E-state index in [1.807, 2.05) is 30.5 Å². The van der Waals surface area contributed by atoms with Gasteiger partial charge in [0, 0.05) is 28.0 Å². The number of rotatable bonds is 5. The molecule has 0 bridgehead atoms. The van der Waals surface area contributed by atoms with Gasteiger partial charge in [-0.15, -0.1) is 22.0 Å². The third-order valence-corrected chi connectivity index (χ3v) is 6.93. The molecule has 1 aliphatic rings. The molecule has 1 unspecified atom stereocenters. The van der Waals surface area contributed by atoms with E-state index in [9.17, 15) is 9.18 Å². The number of halogens is 2. The molecule has 1 saturated heterocycles. The van der Waals surface area contributed by atoms with Crippen molar-refractivity contribution in [3.05, 3.63) is 58.3 Å². The molecule has 2 heterocycles. The summed E-state index contributed by atoms with van der Waals surface area (Å²) in [6, 6.07) is 12.3. The van der Waals surface area contributed by atoms with Gasteiger partial charge in [-0.1, -0.05) is 39.4 Å². The molecule has 1 fully saturated rings. The van der Waals surface area contributed by atoms with E-state index >= 15 is 0 Å². The van der Waals surface area contributed by atoms with Gasteiger partial charge in [-0.2, -0.15) is 0 Å². The Hall–Kier alpha value is -2.01. The van der Waals surface area contributed by atoms with Gasteiger partial charge in [0.05, 0.1) is 12.1 Å². The SMILES string of the molecule is CSc1ccc(C2(NC(=O)Nc3nnc(-c4cc(Br)ccc4F)s3)CCOC2)cc1. The molecule has 2 N–H and O–H groups in total. The van der Waals surface area contributed by atoms with Gasteiger partial charge in [0.2, 0.25) is 5.13 Å². The molecule has 0 radical (unpaired) electrons. The Bertz CT molecular complexity index is 1060. The summed E-state index contributed by atoms with van der Waals surface area (Å²) in [6.07, 6.45) is 2.69. The minimum atomic E-state index is -0.606. The van der Waals surface area contributed by atoms with Crippen molar-refractivity contribution in [2.45, 2.75) is 16.9 Å². The number of urea groups is 1. The number of nitrogens with one attached hydrogen (secondary N) is 2. The first-order chi connectivity index (χ1) is 14.5. The van der Waals surface area contributed by atoms with Crippen molar-refractivity contribution in [1.29, 1.82) is 0 Å². The van der Waals surface area contributed by atoms with Crippen molar-refractivity contribution in [1.82, 2.24) is 15.5 Å². The van der Waals surface area contributed by atoms with E-state index in [2.05, 4.69) is 36.8 Å². The lowest BCUT2D eigenvalue weighted by molar-refractivity contribution is 0.167. The standard InChI is InChI=1S/C20H18BrFN4O2S2/c1-29-14-5-2-12(3-6-14)20(8-9-28-11-20)24-18(27)23-19-26-25-17(30-19)15-10-13(21)4-7-16(15)22/h2-7,10H,8-9,11H2,1H3,(H2,23,24,26,27). The molecular weight excluding hydrogens is 491 g/mol. The summed E-state index contributed by atoms with van der Waals surface area (Å²) in [5.41, 5.74) is 0.706. The van der Waals surface area contributed by atoms with Crippen LogP contribution in [-0.2, 0) is 10.3 Å². The maximum absolute atomic E-state index is 14.1. The zero-order valence-electron chi connectivity index (χ0n) is 15.9. The monoisotopic (exact) mass is 508 g/mol. The quantitative estimate of drug-likeness (QED) is 0.459. The third kappa shape index (κ3) is 4.51. The Morgan fingerprint density at radius 2 is 2.07 bits per heavy atom. The van der Waals surface area contributed by atoms with Crippen LogP contribution in [0.15, 0.2) is 51.8 Å². The van der Waals surface area contributed by atoms with Gasteiger partial charge >= 0.3 is 6.03 Å². The van der Waals surface area contributed by atoms with Gasteiger partial charge in [0.15, 0.2) is 5.01 Å². The molecule has 6 nitrogen and oxygen atoms in total. The van der Waals surface area contributed by atoms with E-state index in [1.54, 1.807) is 23.9 Å². The van der Waals surface area contributed by atoms with E-state index in [0.717, 1.165) is 26.3 Å². The Kier molecular flexibility index (Phi) is 6.37. The van der Waals surface area contributed by atoms with E-state index < -0.39 is 17.4 Å². The topological polar surface area (TPSA) is 76.1 Å². The second-order valence-electron chi connectivity index (χ2n) is 6.73. The molecule has 0 aliphatic carbocycles. The highest BCUT2D eigenvalue weighted by atomic mass is 79.9. The number of aromatic nitrogens is 2. The van der Waals surface area contributed by atoms with Crippen LogP contribution < -0.4 is 10.6 Å². The molecule has 1 aromatic heterocycles. The number of amides is 2. The number of carbonyl (C=O) groups excluding carboxylic acids is 1. The van der Waals surface area contributed by atoms with Crippen LogP contribution in [0.3, 0.4) is 0 Å². The molecule has 0 spiro atoms. The lowest BCUT2D eigenvalue weighted by Gasteiger charge is -2.29. The number of hydrogen-bond donors (Lipinski definition) is 2. The largest absolute Gasteiger partial charge is 0.379 e. The highest BCUT2D eigenvalue weighted by Crippen LogP contribution is 2.33. The summed E-state index contributed by atoms with van der Waals surface area (Å²) in [7, 11) is 0. The summed E-state index contributed by atoms with van der Waals surface area (Å²) in [4.78, 5) is 13.9. The Balaban J connectivity index is 1.49. The second kappa shape index (κ2) is 9.01. The number of nitrogens with zero attached hydrogens (tertiary/aromatic N) is 2. The average Bonchev–Trinajstić information content (AvgIpc) is 3.40. The minimum absolute atomic E-state index is 0.286. The normalized spacial score (nSPS) is 18.4. The van der Waals surface area contributed by atoms with E-state index in [0.29, 0.717) is 30.2 Å². The molecule has 3 aromatic rings. The Morgan fingerprint density at radius 3 is 2.77 bits per heavy atom. The van der Waals surface area contributed by atoms with Crippen LogP contribution in [0.2, 0.25) is 0 Å². The molecular formula is C20H18BrFN4O2S2. The van der Waals surface area contributed by atoms with Gasteiger partial charge < -0.3 is 10.1 Å². The van der Waals surface area contributed by atoms with Crippen LogP contribution in [0.1, 0.15) is 12.0 Å². The summed E-state index contributed by atoms with van der Waals surface area (Å²) >= 11 is 6.09. The van der Waals surface area contributed by atoms with Crippen molar-refractivity contribution < 1.29 is 13.9 Å². The fourth-order valence-electron chi connectivity index (χ4n) is 3.26. The number of thioether (sulfide) groups is 1. The lowest BCUT2D eigenvalue weighted by atomic mass is 9.89. The number of anilines is 1. The van der Waals surface area contributed by atoms with Gasteiger partial charge in [0.1, 0.15) is 5.82 Å². The maximum atomic E-state index is 14.1. The minimum Gasteiger partial charge on any atom is -0.379 e. The summed E-state index contributed by atoms with van der Waals surface area (Å²) in [5.74, 6) is -0.402. The molecule has 0 saturated carbocycles. The fourth-order valence-corrected chi connectivity index (χ4v) is 4.79. The van der Waals surface area contributed by atoms with E-state index in [-0.39, 0.29) is 5.13 Å². The molecule has 1 atom stereocenters. The van der Waals surface area contributed by atoms with Crippen molar-refractivity contribution in [3.63, 3.8) is 0 Å². The molecule has 4 rings (SSSR count). The van der Waals surface area contributed by atoms with Crippen LogP contribution in [-0.4, -0.2) is 35.7 Å². The first kappa shape index (κ1) is 21.2. The van der Waals surface area contributed by atoms with Gasteiger partial charge in [-0.3, -0.25) is 5.32 Å². The second-order valence-corrected chi connectivity index (χ2v) is 9.50. The molecule has 30 heavy (non-hydrogen) atoms. The first-order valence-electron chi connectivity index (χ1n) is 9.09. The third-order valence-electron chi connectivity index (χ3n) is 4.82. The first-order valence-corrected chi connectivity index (χ1v) is 11.9. The van der Waals surface area contributed by atoms with Gasteiger partial charge in [-0.25, -0.2) is 9.18 Å². The van der Waals surface area contributed by atoms with Gasteiger partial charge in [0.25, 0.3) is 0 Å². The van der Waals surface area contributed by atoms with Crippen molar-refractivity contribution in [2.75, 3.05) is 24.8 Å². The van der Waals surface area contributed by atoms with Crippen LogP contribution in [0, 0.1) is 5.82 Å². The molecule has 10 heteroatoms. The summed E-state index contributed by atoms with van der Waals surface area (Å²) < 4.78 is 20.4. The van der Waals surface area contributed by atoms with Crippen molar-refractivity contribution in [2.24, 2.45) is 0 Å².